The predicted octanol–water partition coefficient (Wildman–Crippen LogP) is 2.46. The van der Waals surface area contributed by atoms with Crippen LogP contribution >= 0.6 is 0 Å². The summed E-state index contributed by atoms with van der Waals surface area (Å²) in [4.78, 5) is 17.6. The minimum Gasteiger partial charge on any atom is -0.386 e. The van der Waals surface area contributed by atoms with Gasteiger partial charge in [0, 0.05) is 16.6 Å². The molecule has 1 fully saturated rings. The van der Waals surface area contributed by atoms with Crippen LogP contribution in [0.4, 0.5) is 0 Å². The molecule has 1 aliphatic heterocycles. The highest BCUT2D eigenvalue weighted by molar-refractivity contribution is 6.08. The smallest absolute Gasteiger partial charge is 0.256 e. The van der Waals surface area contributed by atoms with Crippen molar-refractivity contribution in [3.63, 3.8) is 0 Å². The fourth-order valence-corrected chi connectivity index (χ4v) is 3.14. The van der Waals surface area contributed by atoms with E-state index in [4.69, 9.17) is 0 Å². The first kappa shape index (κ1) is 13.2. The van der Waals surface area contributed by atoms with Gasteiger partial charge in [-0.25, -0.2) is 0 Å². The topological polar surface area (TPSA) is 56.3 Å². The molecule has 1 aromatic carbocycles. The maximum Gasteiger partial charge on any atom is 0.256 e. The van der Waals surface area contributed by atoms with Gasteiger partial charge in [0.15, 0.2) is 0 Å². The molecule has 20 heavy (non-hydrogen) atoms. The average molecular weight is 272 g/mol. The predicted molar refractivity (Wildman–Crippen MR) is 78.8 cm³/mol. The van der Waals surface area contributed by atoms with Crippen molar-refractivity contribution in [1.29, 1.82) is 0 Å². The molecule has 2 aromatic rings. The van der Waals surface area contributed by atoms with E-state index in [1.165, 1.54) is 0 Å². The van der Waals surface area contributed by atoms with Gasteiger partial charge in [-0.1, -0.05) is 31.5 Å². The van der Waals surface area contributed by atoms with Crippen molar-refractivity contribution in [1.82, 2.24) is 9.88 Å². The quantitative estimate of drug-likeness (QED) is 0.901. The first-order valence-corrected chi connectivity index (χ1v) is 7.13. The van der Waals surface area contributed by atoms with E-state index in [0.29, 0.717) is 13.1 Å². The lowest BCUT2D eigenvalue weighted by Gasteiger charge is -2.46. The number of carbonyl (C=O) groups excluding carboxylic acids is 1. The number of rotatable bonds is 3. The van der Waals surface area contributed by atoms with Crippen LogP contribution in [0.1, 0.15) is 35.8 Å². The summed E-state index contributed by atoms with van der Waals surface area (Å²) in [5.74, 6) is 0.0146. The molecule has 1 amide bonds. The van der Waals surface area contributed by atoms with E-state index in [1.54, 1.807) is 4.90 Å². The van der Waals surface area contributed by atoms with E-state index >= 15 is 0 Å². The molecular formula is C16H20N2O2. The van der Waals surface area contributed by atoms with E-state index < -0.39 is 5.60 Å². The Morgan fingerprint density at radius 3 is 2.80 bits per heavy atom. The Morgan fingerprint density at radius 1 is 1.40 bits per heavy atom. The number of nitrogens with zero attached hydrogens (tertiary/aromatic N) is 1. The van der Waals surface area contributed by atoms with Gasteiger partial charge in [0.05, 0.1) is 24.3 Å². The third-order valence-corrected chi connectivity index (χ3v) is 4.08. The van der Waals surface area contributed by atoms with Crippen molar-refractivity contribution >= 4 is 16.8 Å². The molecule has 2 N–H and O–H groups in total. The van der Waals surface area contributed by atoms with Gasteiger partial charge >= 0.3 is 0 Å². The van der Waals surface area contributed by atoms with Crippen LogP contribution in [-0.2, 0) is 0 Å². The molecule has 0 aliphatic carbocycles. The van der Waals surface area contributed by atoms with Gasteiger partial charge in [0.25, 0.3) is 5.91 Å². The Balaban J connectivity index is 1.86. The average Bonchev–Trinajstić information content (AvgIpc) is 2.71. The highest BCUT2D eigenvalue weighted by atomic mass is 16.3. The minimum atomic E-state index is -0.676. The summed E-state index contributed by atoms with van der Waals surface area (Å²) in [5, 5.41) is 11.2. The van der Waals surface area contributed by atoms with Gasteiger partial charge < -0.3 is 15.0 Å². The monoisotopic (exact) mass is 272 g/mol. The number of likely N-dealkylation sites (tertiary alicyclic amines) is 1. The van der Waals surface area contributed by atoms with Crippen molar-refractivity contribution in [3.05, 3.63) is 35.5 Å². The van der Waals surface area contributed by atoms with Crippen molar-refractivity contribution in [2.45, 2.75) is 32.3 Å². The van der Waals surface area contributed by atoms with E-state index in [0.717, 1.165) is 35.0 Å². The van der Waals surface area contributed by atoms with E-state index in [-0.39, 0.29) is 5.91 Å². The third-order valence-electron chi connectivity index (χ3n) is 4.08. The third kappa shape index (κ3) is 2.00. The normalized spacial score (nSPS) is 17.2. The molecule has 1 aliphatic rings. The summed E-state index contributed by atoms with van der Waals surface area (Å²) in [5.41, 5.74) is 1.93. The van der Waals surface area contributed by atoms with Crippen LogP contribution in [0.3, 0.4) is 0 Å². The number of β-amino-alcohol motifs (C(OH)–C–C–N with tert-alkyl or cyclic N) is 1. The number of aryl methyl sites for hydroxylation is 1. The molecule has 0 saturated carbocycles. The summed E-state index contributed by atoms with van der Waals surface area (Å²) in [6.45, 7) is 4.86. The van der Waals surface area contributed by atoms with Gasteiger partial charge in [0.2, 0.25) is 0 Å². The first-order valence-electron chi connectivity index (χ1n) is 7.13. The molecule has 2 heterocycles. The van der Waals surface area contributed by atoms with Crippen molar-refractivity contribution in [2.75, 3.05) is 13.1 Å². The minimum absolute atomic E-state index is 0.0146. The summed E-state index contributed by atoms with van der Waals surface area (Å²) in [6, 6.07) is 7.83. The van der Waals surface area contributed by atoms with Gasteiger partial charge in [-0.15, -0.1) is 0 Å². The molecule has 106 valence electrons. The van der Waals surface area contributed by atoms with Gasteiger partial charge in [-0.3, -0.25) is 4.79 Å². The number of aromatic amines is 1. The lowest BCUT2D eigenvalue weighted by molar-refractivity contribution is -0.0859. The zero-order valence-electron chi connectivity index (χ0n) is 11.9. The van der Waals surface area contributed by atoms with Crippen LogP contribution in [0.25, 0.3) is 10.9 Å². The van der Waals surface area contributed by atoms with Gasteiger partial charge in [-0.2, -0.15) is 0 Å². The number of fused-ring (bicyclic) bond motifs is 1. The van der Waals surface area contributed by atoms with Crippen LogP contribution in [0.5, 0.6) is 0 Å². The van der Waals surface area contributed by atoms with Crippen molar-refractivity contribution in [2.24, 2.45) is 0 Å². The number of benzene rings is 1. The Hall–Kier alpha value is -1.81. The van der Waals surface area contributed by atoms with Gasteiger partial charge in [0.1, 0.15) is 0 Å². The molecule has 3 rings (SSSR count). The maximum absolute atomic E-state index is 12.6. The molecule has 0 radical (unpaired) electrons. The van der Waals surface area contributed by atoms with Crippen LogP contribution in [0, 0.1) is 6.92 Å². The van der Waals surface area contributed by atoms with E-state index in [1.807, 2.05) is 38.1 Å². The van der Waals surface area contributed by atoms with E-state index in [2.05, 4.69) is 4.98 Å². The van der Waals surface area contributed by atoms with Crippen LogP contribution in [-0.4, -0.2) is 39.6 Å². The molecule has 1 saturated heterocycles. The Bertz CT molecular complexity index is 654. The highest BCUT2D eigenvalue weighted by Gasteiger charge is 2.43. The molecule has 0 atom stereocenters. The number of nitrogens with one attached hydrogen (secondary N) is 1. The highest BCUT2D eigenvalue weighted by Crippen LogP contribution is 2.30. The molecule has 0 spiro atoms. The van der Waals surface area contributed by atoms with Crippen molar-refractivity contribution in [3.8, 4) is 0 Å². The number of amides is 1. The zero-order valence-corrected chi connectivity index (χ0v) is 11.9. The number of carbonyl (C=O) groups is 1. The number of hydrogen-bond acceptors (Lipinski definition) is 2. The Morgan fingerprint density at radius 2 is 2.10 bits per heavy atom. The van der Waals surface area contributed by atoms with Crippen LogP contribution < -0.4 is 0 Å². The second-order valence-corrected chi connectivity index (χ2v) is 5.81. The SMILES string of the molecule is CCCC1(O)CN(C(=O)c2c(C)[nH]c3ccccc23)C1. The Labute approximate surface area is 118 Å². The number of H-pyrrole nitrogens is 1. The first-order chi connectivity index (χ1) is 9.54. The van der Waals surface area contributed by atoms with Gasteiger partial charge in [-0.05, 0) is 19.4 Å². The largest absolute Gasteiger partial charge is 0.386 e. The van der Waals surface area contributed by atoms with Crippen LogP contribution in [0.2, 0.25) is 0 Å². The molecular weight excluding hydrogens is 252 g/mol. The summed E-state index contributed by atoms with van der Waals surface area (Å²) in [6.07, 6.45) is 1.69. The summed E-state index contributed by atoms with van der Waals surface area (Å²) < 4.78 is 0. The fourth-order valence-electron chi connectivity index (χ4n) is 3.14. The van der Waals surface area contributed by atoms with E-state index in [9.17, 15) is 9.90 Å². The number of hydrogen-bond donors (Lipinski definition) is 2. The lowest BCUT2D eigenvalue weighted by atomic mass is 9.88. The molecule has 4 nitrogen and oxygen atoms in total. The molecule has 0 bridgehead atoms. The molecule has 0 unspecified atom stereocenters. The standard InChI is InChI=1S/C16H20N2O2/c1-3-8-16(20)9-18(10-16)15(19)14-11(2)17-13-7-5-4-6-12(13)14/h4-7,17,20H,3,8-10H2,1-2H3. The lowest BCUT2D eigenvalue weighted by Crippen LogP contribution is -2.63. The van der Waals surface area contributed by atoms with Crippen molar-refractivity contribution < 1.29 is 9.90 Å². The number of aromatic nitrogens is 1. The van der Waals surface area contributed by atoms with Crippen LogP contribution in [0.15, 0.2) is 24.3 Å². The number of para-hydroxylation sites is 1. The molecule has 1 aromatic heterocycles. The molecule has 4 heteroatoms. The zero-order chi connectivity index (χ0) is 14.3. The summed E-state index contributed by atoms with van der Waals surface area (Å²) >= 11 is 0. The maximum atomic E-state index is 12.6. The number of aliphatic hydroxyl groups is 1. The summed E-state index contributed by atoms with van der Waals surface area (Å²) in [7, 11) is 0. The fraction of sp³-hybridized carbons (Fsp3) is 0.438. The second-order valence-electron chi connectivity index (χ2n) is 5.81. The second kappa shape index (κ2) is 4.63. The Kier molecular flexibility index (Phi) is 3.05.